The van der Waals surface area contributed by atoms with Crippen LogP contribution in [0.3, 0.4) is 0 Å². The second-order valence-electron chi connectivity index (χ2n) is 1.98. The summed E-state index contributed by atoms with van der Waals surface area (Å²) < 4.78 is 0. The van der Waals surface area contributed by atoms with E-state index in [-0.39, 0.29) is 6.61 Å². The van der Waals surface area contributed by atoms with Gasteiger partial charge in [-0.2, -0.15) is 0 Å². The van der Waals surface area contributed by atoms with Crippen LogP contribution in [0.4, 0.5) is 11.4 Å². The number of anilines is 2. The molecule has 0 aliphatic heterocycles. The van der Waals surface area contributed by atoms with Gasteiger partial charge in [0.25, 0.3) is 0 Å². The Morgan fingerprint density at radius 2 is 1.27 bits per heavy atom. The Hall–Kier alpha value is -1.22. The number of aliphatic hydroxyl groups excluding tert-OH is 1. The third kappa shape index (κ3) is 5.24. The summed E-state index contributed by atoms with van der Waals surface area (Å²) in [6.45, 7) is 1.93. The Bertz CT molecular complexity index is 163. The van der Waals surface area contributed by atoms with Crippen molar-refractivity contribution in [3.05, 3.63) is 24.3 Å². The normalized spacial score (nSPS) is 8.18. The summed E-state index contributed by atoms with van der Waals surface area (Å²) in [5.74, 6) is 0. The molecule has 0 saturated heterocycles. The molecule has 3 heteroatoms. The molecular formula is C8H14N2O. The van der Waals surface area contributed by atoms with Gasteiger partial charge in [-0.1, -0.05) is 0 Å². The lowest BCUT2D eigenvalue weighted by atomic mass is 10.3. The van der Waals surface area contributed by atoms with E-state index in [9.17, 15) is 0 Å². The maximum atomic E-state index is 7.57. The van der Waals surface area contributed by atoms with Gasteiger partial charge in [0.05, 0.1) is 0 Å². The molecule has 0 spiro atoms. The van der Waals surface area contributed by atoms with E-state index >= 15 is 0 Å². The molecule has 0 bridgehead atoms. The van der Waals surface area contributed by atoms with Crippen LogP contribution < -0.4 is 11.5 Å². The van der Waals surface area contributed by atoms with Gasteiger partial charge in [0.2, 0.25) is 0 Å². The maximum Gasteiger partial charge on any atom is 0.0402 e. The molecule has 0 radical (unpaired) electrons. The molecule has 1 rings (SSSR count). The molecule has 62 valence electrons. The highest BCUT2D eigenvalue weighted by Crippen LogP contribution is 2.04. The molecular weight excluding hydrogens is 140 g/mol. The van der Waals surface area contributed by atoms with Gasteiger partial charge in [-0.3, -0.25) is 0 Å². The van der Waals surface area contributed by atoms with Crippen molar-refractivity contribution in [3.8, 4) is 0 Å². The van der Waals surface area contributed by atoms with Crippen molar-refractivity contribution in [2.24, 2.45) is 0 Å². The maximum absolute atomic E-state index is 7.57. The number of hydrogen-bond donors (Lipinski definition) is 3. The highest BCUT2D eigenvalue weighted by Gasteiger charge is 1.80. The zero-order valence-electron chi connectivity index (χ0n) is 6.62. The topological polar surface area (TPSA) is 72.3 Å². The monoisotopic (exact) mass is 154 g/mol. The molecule has 3 nitrogen and oxygen atoms in total. The fourth-order valence-electron chi connectivity index (χ4n) is 0.496. The fourth-order valence-corrected chi connectivity index (χ4v) is 0.496. The van der Waals surface area contributed by atoms with Crippen LogP contribution in [0.5, 0.6) is 0 Å². The van der Waals surface area contributed by atoms with Crippen LogP contribution in [0.1, 0.15) is 6.92 Å². The smallest absolute Gasteiger partial charge is 0.0402 e. The minimum Gasteiger partial charge on any atom is -0.399 e. The first-order valence-electron chi connectivity index (χ1n) is 3.42. The number of hydrogen-bond acceptors (Lipinski definition) is 3. The first kappa shape index (κ1) is 9.78. The third-order valence-corrected chi connectivity index (χ3v) is 0.936. The number of nitrogen functional groups attached to an aromatic ring is 2. The SMILES string of the molecule is CCO.Nc1ccc(N)cc1. The van der Waals surface area contributed by atoms with E-state index in [4.69, 9.17) is 16.6 Å². The summed E-state index contributed by atoms with van der Waals surface area (Å²) in [5, 5.41) is 7.57. The summed E-state index contributed by atoms with van der Waals surface area (Å²) >= 11 is 0. The predicted octanol–water partition coefficient (Wildman–Crippen LogP) is 0.850. The average Bonchev–Trinajstić information content (AvgIpc) is 1.97. The lowest BCUT2D eigenvalue weighted by Crippen LogP contribution is -1.86. The summed E-state index contributed by atoms with van der Waals surface area (Å²) in [5.41, 5.74) is 12.2. The van der Waals surface area contributed by atoms with E-state index in [0.29, 0.717) is 0 Å². The summed E-state index contributed by atoms with van der Waals surface area (Å²) in [4.78, 5) is 0. The van der Waals surface area contributed by atoms with Crippen LogP contribution >= 0.6 is 0 Å². The van der Waals surface area contributed by atoms with Crippen LogP contribution in [0.2, 0.25) is 0 Å². The van der Waals surface area contributed by atoms with Crippen molar-refractivity contribution < 1.29 is 5.11 Å². The van der Waals surface area contributed by atoms with Gasteiger partial charge >= 0.3 is 0 Å². The lowest BCUT2D eigenvalue weighted by molar-refractivity contribution is 0.318. The van der Waals surface area contributed by atoms with E-state index in [1.165, 1.54) is 0 Å². The predicted molar refractivity (Wildman–Crippen MR) is 48.0 cm³/mol. The van der Waals surface area contributed by atoms with Gasteiger partial charge in [0.15, 0.2) is 0 Å². The zero-order valence-corrected chi connectivity index (χ0v) is 6.62. The molecule has 1 aromatic carbocycles. The van der Waals surface area contributed by atoms with Gasteiger partial charge in [0.1, 0.15) is 0 Å². The zero-order chi connectivity index (χ0) is 8.69. The van der Waals surface area contributed by atoms with E-state index in [1.54, 1.807) is 31.2 Å². The van der Waals surface area contributed by atoms with Crippen LogP contribution in [0, 0.1) is 0 Å². The van der Waals surface area contributed by atoms with Gasteiger partial charge in [-0.25, -0.2) is 0 Å². The summed E-state index contributed by atoms with van der Waals surface area (Å²) in [7, 11) is 0. The molecule has 0 fully saturated rings. The van der Waals surface area contributed by atoms with Crippen LogP contribution in [-0.2, 0) is 0 Å². The second kappa shape index (κ2) is 5.56. The van der Waals surface area contributed by atoms with Crippen molar-refractivity contribution in [2.45, 2.75) is 6.92 Å². The highest BCUT2D eigenvalue weighted by molar-refractivity contribution is 5.47. The van der Waals surface area contributed by atoms with E-state index < -0.39 is 0 Å². The number of rotatable bonds is 0. The molecule has 0 heterocycles. The molecule has 0 aliphatic rings. The largest absolute Gasteiger partial charge is 0.399 e. The Morgan fingerprint density at radius 1 is 1.09 bits per heavy atom. The average molecular weight is 154 g/mol. The molecule has 0 saturated carbocycles. The minimum absolute atomic E-state index is 0.250. The molecule has 11 heavy (non-hydrogen) atoms. The van der Waals surface area contributed by atoms with Crippen LogP contribution in [0.25, 0.3) is 0 Å². The standard InChI is InChI=1S/C6H8N2.C2H6O/c7-5-1-2-6(8)4-3-5;1-2-3/h1-4H,7-8H2;3H,2H2,1H3. The van der Waals surface area contributed by atoms with E-state index in [1.807, 2.05) is 0 Å². The Labute approximate surface area is 66.6 Å². The fraction of sp³-hybridized carbons (Fsp3) is 0.250. The second-order valence-corrected chi connectivity index (χ2v) is 1.98. The molecule has 5 N–H and O–H groups in total. The highest BCUT2D eigenvalue weighted by atomic mass is 16.2. The van der Waals surface area contributed by atoms with Crippen molar-refractivity contribution in [1.82, 2.24) is 0 Å². The van der Waals surface area contributed by atoms with Crippen molar-refractivity contribution >= 4 is 11.4 Å². The molecule has 0 amide bonds. The third-order valence-electron chi connectivity index (χ3n) is 0.936. The van der Waals surface area contributed by atoms with Gasteiger partial charge in [-0.05, 0) is 31.2 Å². The van der Waals surface area contributed by atoms with Crippen molar-refractivity contribution in [3.63, 3.8) is 0 Å². The minimum atomic E-state index is 0.250. The van der Waals surface area contributed by atoms with Crippen LogP contribution in [-0.4, -0.2) is 11.7 Å². The van der Waals surface area contributed by atoms with Crippen molar-refractivity contribution in [1.29, 1.82) is 0 Å². The Balaban J connectivity index is 0.000000292. The Kier molecular flexibility index (Phi) is 4.94. The Morgan fingerprint density at radius 3 is 1.45 bits per heavy atom. The molecule has 1 aromatic rings. The van der Waals surface area contributed by atoms with E-state index in [0.717, 1.165) is 11.4 Å². The number of aliphatic hydroxyl groups is 1. The molecule has 0 aliphatic carbocycles. The number of benzene rings is 1. The first-order valence-corrected chi connectivity index (χ1v) is 3.42. The van der Waals surface area contributed by atoms with Crippen molar-refractivity contribution in [2.75, 3.05) is 18.1 Å². The number of nitrogens with two attached hydrogens (primary N) is 2. The van der Waals surface area contributed by atoms with Gasteiger partial charge in [-0.15, -0.1) is 0 Å². The van der Waals surface area contributed by atoms with E-state index in [2.05, 4.69) is 0 Å². The van der Waals surface area contributed by atoms with Crippen LogP contribution in [0.15, 0.2) is 24.3 Å². The molecule has 0 unspecified atom stereocenters. The quantitative estimate of drug-likeness (QED) is 0.485. The summed E-state index contributed by atoms with van der Waals surface area (Å²) in [6, 6.07) is 7.09. The summed E-state index contributed by atoms with van der Waals surface area (Å²) in [6.07, 6.45) is 0. The molecule has 0 atom stereocenters. The van der Waals surface area contributed by atoms with Gasteiger partial charge < -0.3 is 16.6 Å². The van der Waals surface area contributed by atoms with Gasteiger partial charge in [0, 0.05) is 18.0 Å². The first-order chi connectivity index (χ1) is 5.20. The molecule has 0 aromatic heterocycles. The lowest BCUT2D eigenvalue weighted by Gasteiger charge is -1.90.